The SMILES string of the molecule is NC1CCC(C(=O)NCCc2nccs2)CC1. The number of thiazole rings is 1. The Bertz CT molecular complexity index is 345. The van der Waals surface area contributed by atoms with Crippen LogP contribution in [0, 0.1) is 5.92 Å². The van der Waals surface area contributed by atoms with Gasteiger partial charge in [-0.15, -0.1) is 11.3 Å². The zero-order valence-electron chi connectivity index (χ0n) is 9.89. The molecule has 0 radical (unpaired) electrons. The monoisotopic (exact) mass is 253 g/mol. The van der Waals surface area contributed by atoms with Crippen LogP contribution in [0.5, 0.6) is 0 Å². The molecule has 0 bridgehead atoms. The van der Waals surface area contributed by atoms with Crippen molar-refractivity contribution in [3.05, 3.63) is 16.6 Å². The highest BCUT2D eigenvalue weighted by molar-refractivity contribution is 7.09. The lowest BCUT2D eigenvalue weighted by Crippen LogP contribution is -2.37. The van der Waals surface area contributed by atoms with E-state index in [1.165, 1.54) is 0 Å². The van der Waals surface area contributed by atoms with Gasteiger partial charge in [-0.25, -0.2) is 4.98 Å². The van der Waals surface area contributed by atoms with E-state index in [2.05, 4.69) is 10.3 Å². The Morgan fingerprint density at radius 3 is 2.88 bits per heavy atom. The van der Waals surface area contributed by atoms with Crippen LogP contribution in [0.15, 0.2) is 11.6 Å². The third-order valence-electron chi connectivity index (χ3n) is 3.26. The minimum atomic E-state index is 0.172. The molecule has 1 aromatic heterocycles. The van der Waals surface area contributed by atoms with E-state index in [-0.39, 0.29) is 11.8 Å². The lowest BCUT2D eigenvalue weighted by atomic mass is 9.86. The van der Waals surface area contributed by atoms with Crippen molar-refractivity contribution in [3.8, 4) is 0 Å². The van der Waals surface area contributed by atoms with Gasteiger partial charge in [0.05, 0.1) is 5.01 Å². The molecule has 1 aliphatic rings. The van der Waals surface area contributed by atoms with Crippen LogP contribution in [0.1, 0.15) is 30.7 Å². The van der Waals surface area contributed by atoms with Crippen LogP contribution < -0.4 is 11.1 Å². The van der Waals surface area contributed by atoms with Crippen molar-refractivity contribution in [2.75, 3.05) is 6.54 Å². The molecule has 0 saturated heterocycles. The summed E-state index contributed by atoms with van der Waals surface area (Å²) >= 11 is 1.63. The van der Waals surface area contributed by atoms with Crippen LogP contribution >= 0.6 is 11.3 Å². The van der Waals surface area contributed by atoms with E-state index in [1.54, 1.807) is 17.5 Å². The molecule has 17 heavy (non-hydrogen) atoms. The fourth-order valence-electron chi connectivity index (χ4n) is 2.19. The zero-order chi connectivity index (χ0) is 12.1. The van der Waals surface area contributed by atoms with Crippen molar-refractivity contribution < 1.29 is 4.79 Å². The molecular formula is C12H19N3OS. The highest BCUT2D eigenvalue weighted by atomic mass is 32.1. The summed E-state index contributed by atoms with van der Waals surface area (Å²) in [5.74, 6) is 0.361. The molecule has 0 unspecified atom stereocenters. The number of amides is 1. The van der Waals surface area contributed by atoms with Crippen molar-refractivity contribution >= 4 is 17.2 Å². The molecule has 1 amide bonds. The van der Waals surface area contributed by atoms with E-state index < -0.39 is 0 Å². The number of nitrogens with zero attached hydrogens (tertiary/aromatic N) is 1. The Morgan fingerprint density at radius 2 is 2.24 bits per heavy atom. The van der Waals surface area contributed by atoms with Gasteiger partial charge in [-0.3, -0.25) is 4.79 Å². The molecule has 1 heterocycles. The Labute approximate surface area is 106 Å². The molecule has 5 heteroatoms. The molecule has 0 spiro atoms. The van der Waals surface area contributed by atoms with Crippen LogP contribution in [-0.4, -0.2) is 23.5 Å². The minimum absolute atomic E-state index is 0.172. The Balaban J connectivity index is 1.67. The fraction of sp³-hybridized carbons (Fsp3) is 0.667. The maximum atomic E-state index is 11.9. The van der Waals surface area contributed by atoms with Crippen molar-refractivity contribution in [1.29, 1.82) is 0 Å². The maximum absolute atomic E-state index is 11.9. The predicted molar refractivity (Wildman–Crippen MR) is 68.8 cm³/mol. The van der Waals surface area contributed by atoms with E-state index in [0.29, 0.717) is 12.6 Å². The van der Waals surface area contributed by atoms with Gasteiger partial charge in [0.15, 0.2) is 0 Å². The third-order valence-corrected chi connectivity index (χ3v) is 4.10. The topological polar surface area (TPSA) is 68.0 Å². The summed E-state index contributed by atoms with van der Waals surface area (Å²) < 4.78 is 0. The summed E-state index contributed by atoms with van der Waals surface area (Å²) in [4.78, 5) is 16.1. The molecule has 0 aromatic carbocycles. The van der Waals surface area contributed by atoms with E-state index in [1.807, 2.05) is 5.38 Å². The molecular weight excluding hydrogens is 234 g/mol. The lowest BCUT2D eigenvalue weighted by molar-refractivity contribution is -0.125. The van der Waals surface area contributed by atoms with Crippen LogP contribution in [0.3, 0.4) is 0 Å². The first-order valence-corrected chi connectivity index (χ1v) is 7.05. The number of rotatable bonds is 4. The van der Waals surface area contributed by atoms with Gasteiger partial charge in [0.2, 0.25) is 5.91 Å². The number of carbonyl (C=O) groups is 1. The summed E-state index contributed by atoms with van der Waals surface area (Å²) in [5.41, 5.74) is 5.82. The summed E-state index contributed by atoms with van der Waals surface area (Å²) in [5, 5.41) is 6.03. The van der Waals surface area contributed by atoms with Gasteiger partial charge < -0.3 is 11.1 Å². The van der Waals surface area contributed by atoms with E-state index >= 15 is 0 Å². The zero-order valence-corrected chi connectivity index (χ0v) is 10.7. The maximum Gasteiger partial charge on any atom is 0.223 e. The third kappa shape index (κ3) is 3.78. The van der Waals surface area contributed by atoms with Crippen molar-refractivity contribution in [1.82, 2.24) is 10.3 Å². The first-order valence-electron chi connectivity index (χ1n) is 6.17. The molecule has 0 atom stereocenters. The molecule has 2 rings (SSSR count). The van der Waals surface area contributed by atoms with Gasteiger partial charge >= 0.3 is 0 Å². The van der Waals surface area contributed by atoms with Crippen LogP contribution in [0.4, 0.5) is 0 Å². The van der Waals surface area contributed by atoms with Gasteiger partial charge in [0.25, 0.3) is 0 Å². The van der Waals surface area contributed by atoms with Crippen molar-refractivity contribution in [3.63, 3.8) is 0 Å². The van der Waals surface area contributed by atoms with Gasteiger partial charge in [-0.1, -0.05) is 0 Å². The second-order valence-electron chi connectivity index (χ2n) is 4.58. The quantitative estimate of drug-likeness (QED) is 0.850. The molecule has 4 nitrogen and oxygen atoms in total. The van der Waals surface area contributed by atoms with Crippen LogP contribution in [-0.2, 0) is 11.2 Å². The fourth-order valence-corrected chi connectivity index (χ4v) is 2.82. The molecule has 1 saturated carbocycles. The van der Waals surface area contributed by atoms with Crippen LogP contribution in [0.2, 0.25) is 0 Å². The number of carbonyl (C=O) groups excluding carboxylic acids is 1. The Hall–Kier alpha value is -0.940. The first kappa shape index (κ1) is 12.5. The number of aromatic nitrogens is 1. The molecule has 3 N–H and O–H groups in total. The number of hydrogen-bond acceptors (Lipinski definition) is 4. The predicted octanol–water partition coefficient (Wildman–Crippen LogP) is 1.32. The number of nitrogens with two attached hydrogens (primary N) is 1. The number of nitrogens with one attached hydrogen (secondary N) is 1. The number of hydrogen-bond donors (Lipinski definition) is 2. The summed E-state index contributed by atoms with van der Waals surface area (Å²) in [7, 11) is 0. The minimum Gasteiger partial charge on any atom is -0.355 e. The summed E-state index contributed by atoms with van der Waals surface area (Å²) in [6.45, 7) is 0.689. The average Bonchev–Trinajstić information content (AvgIpc) is 2.83. The largest absolute Gasteiger partial charge is 0.355 e. The van der Waals surface area contributed by atoms with Gasteiger partial charge in [-0.2, -0.15) is 0 Å². The molecule has 1 fully saturated rings. The normalized spacial score (nSPS) is 24.5. The first-order chi connectivity index (χ1) is 8.25. The van der Waals surface area contributed by atoms with Gasteiger partial charge in [0.1, 0.15) is 0 Å². The van der Waals surface area contributed by atoms with E-state index in [4.69, 9.17) is 5.73 Å². The van der Waals surface area contributed by atoms with Gasteiger partial charge in [-0.05, 0) is 25.7 Å². The Kier molecular flexibility index (Phi) is 4.50. The summed E-state index contributed by atoms with van der Waals surface area (Å²) in [6, 6.07) is 0.300. The van der Waals surface area contributed by atoms with Crippen molar-refractivity contribution in [2.24, 2.45) is 11.7 Å². The van der Waals surface area contributed by atoms with Crippen molar-refractivity contribution in [2.45, 2.75) is 38.1 Å². The Morgan fingerprint density at radius 1 is 1.47 bits per heavy atom. The van der Waals surface area contributed by atoms with Gasteiger partial charge in [0, 0.05) is 36.5 Å². The second kappa shape index (κ2) is 6.12. The smallest absolute Gasteiger partial charge is 0.223 e. The molecule has 0 aliphatic heterocycles. The van der Waals surface area contributed by atoms with Crippen LogP contribution in [0.25, 0.3) is 0 Å². The standard InChI is InChI=1S/C12H19N3OS/c13-10-3-1-9(2-4-10)12(16)15-6-5-11-14-7-8-17-11/h7-10H,1-6,13H2,(H,15,16). The molecule has 1 aliphatic carbocycles. The molecule has 1 aromatic rings. The highest BCUT2D eigenvalue weighted by Gasteiger charge is 2.23. The molecule has 94 valence electrons. The van der Waals surface area contributed by atoms with E-state index in [0.717, 1.165) is 37.1 Å². The van der Waals surface area contributed by atoms with E-state index in [9.17, 15) is 4.79 Å². The average molecular weight is 253 g/mol. The highest BCUT2D eigenvalue weighted by Crippen LogP contribution is 2.23. The second-order valence-corrected chi connectivity index (χ2v) is 5.56. The summed E-state index contributed by atoms with van der Waals surface area (Å²) in [6.07, 6.45) is 6.45. The lowest BCUT2D eigenvalue weighted by Gasteiger charge is -2.25.